The van der Waals surface area contributed by atoms with E-state index in [-0.39, 0.29) is 5.69 Å². The normalized spacial score (nSPS) is 11.4. The molecule has 2 aromatic heterocycles. The number of imidazole rings is 1. The minimum Gasteiger partial charge on any atom is -0.304 e. The van der Waals surface area contributed by atoms with Crippen molar-refractivity contribution in [1.29, 1.82) is 0 Å². The van der Waals surface area contributed by atoms with Gasteiger partial charge in [0.15, 0.2) is 0 Å². The van der Waals surface area contributed by atoms with Crippen LogP contribution in [0, 0.1) is 6.92 Å². The molecule has 1 N–H and O–H groups in total. The Hall–Kier alpha value is -2.17. The summed E-state index contributed by atoms with van der Waals surface area (Å²) in [6.07, 6.45) is 1.72. The molecule has 0 bridgehead atoms. The van der Waals surface area contributed by atoms with E-state index in [1.165, 1.54) is 0 Å². The lowest BCUT2D eigenvalue weighted by atomic mass is 10.2. The number of aromatic amines is 1. The van der Waals surface area contributed by atoms with Gasteiger partial charge in [0, 0.05) is 13.2 Å². The van der Waals surface area contributed by atoms with Gasteiger partial charge in [0.05, 0.1) is 22.2 Å². The van der Waals surface area contributed by atoms with E-state index in [2.05, 4.69) is 15.0 Å². The fourth-order valence-electron chi connectivity index (χ4n) is 1.86. The molecule has 3 rings (SSSR count). The average molecular weight is 214 g/mol. The Balaban J connectivity index is 2.62. The number of aromatic nitrogens is 4. The van der Waals surface area contributed by atoms with Crippen molar-refractivity contribution in [2.45, 2.75) is 6.92 Å². The van der Waals surface area contributed by atoms with Gasteiger partial charge in [-0.3, -0.25) is 9.55 Å². The Morgan fingerprint density at radius 2 is 2.19 bits per heavy atom. The maximum absolute atomic E-state index is 11.5. The molecule has 5 heteroatoms. The average Bonchev–Trinajstić information content (AvgIpc) is 2.56. The number of H-pyrrole nitrogens is 1. The van der Waals surface area contributed by atoms with Crippen LogP contribution in [-0.2, 0) is 7.05 Å². The Labute approximate surface area is 90.8 Å². The molecule has 0 aliphatic heterocycles. The number of benzene rings is 1. The van der Waals surface area contributed by atoms with Crippen molar-refractivity contribution in [3.63, 3.8) is 0 Å². The molecular weight excluding hydrogens is 204 g/mol. The van der Waals surface area contributed by atoms with Crippen LogP contribution in [0.2, 0.25) is 0 Å². The summed E-state index contributed by atoms with van der Waals surface area (Å²) in [4.78, 5) is 23.0. The minimum absolute atomic E-state index is 0.134. The van der Waals surface area contributed by atoms with Crippen molar-refractivity contribution < 1.29 is 0 Å². The van der Waals surface area contributed by atoms with Crippen molar-refractivity contribution in [1.82, 2.24) is 19.5 Å². The summed E-state index contributed by atoms with van der Waals surface area (Å²) in [5.41, 5.74) is 3.84. The van der Waals surface area contributed by atoms with E-state index in [4.69, 9.17) is 0 Å². The molecule has 80 valence electrons. The predicted molar refractivity (Wildman–Crippen MR) is 61.4 cm³/mol. The zero-order valence-electron chi connectivity index (χ0n) is 8.98. The fourth-order valence-corrected chi connectivity index (χ4v) is 1.86. The highest BCUT2D eigenvalue weighted by Crippen LogP contribution is 2.19. The molecule has 0 aliphatic carbocycles. The molecule has 0 aliphatic rings. The first kappa shape index (κ1) is 9.08. The van der Waals surface area contributed by atoms with E-state index in [0.717, 1.165) is 27.8 Å². The smallest absolute Gasteiger partial charge is 0.304 e. The lowest BCUT2D eigenvalue weighted by Gasteiger charge is -1.99. The van der Waals surface area contributed by atoms with E-state index in [9.17, 15) is 4.79 Å². The van der Waals surface area contributed by atoms with Crippen LogP contribution in [0.3, 0.4) is 0 Å². The molecule has 16 heavy (non-hydrogen) atoms. The maximum Gasteiger partial charge on any atom is 0.326 e. The first-order valence-corrected chi connectivity index (χ1v) is 4.98. The van der Waals surface area contributed by atoms with Crippen LogP contribution in [0.1, 0.15) is 5.69 Å². The van der Waals surface area contributed by atoms with Crippen molar-refractivity contribution >= 4 is 22.1 Å². The number of rotatable bonds is 0. The van der Waals surface area contributed by atoms with Gasteiger partial charge in [0.2, 0.25) is 0 Å². The minimum atomic E-state index is -0.134. The third-order valence-electron chi connectivity index (χ3n) is 2.71. The molecular formula is C11H10N4O. The summed E-state index contributed by atoms with van der Waals surface area (Å²) in [7, 11) is 1.73. The highest BCUT2D eigenvalue weighted by atomic mass is 16.1. The second-order valence-corrected chi connectivity index (χ2v) is 3.83. The molecule has 0 unspecified atom stereocenters. The van der Waals surface area contributed by atoms with Gasteiger partial charge in [-0.25, -0.2) is 9.78 Å². The lowest BCUT2D eigenvalue weighted by Crippen LogP contribution is -2.11. The Bertz CT molecular complexity index is 754. The number of fused-ring (bicyclic) bond motifs is 3. The van der Waals surface area contributed by atoms with Gasteiger partial charge in [0.1, 0.15) is 5.52 Å². The van der Waals surface area contributed by atoms with Crippen molar-refractivity contribution in [2.24, 2.45) is 7.05 Å². The fraction of sp³-hybridized carbons (Fsp3) is 0.182. The SMILES string of the molecule is Cc1cnc2ccc3c([nH]c(=O)n3C)c2n1. The van der Waals surface area contributed by atoms with Gasteiger partial charge >= 0.3 is 5.69 Å². The van der Waals surface area contributed by atoms with Gasteiger partial charge in [-0.2, -0.15) is 0 Å². The third kappa shape index (κ3) is 1.08. The van der Waals surface area contributed by atoms with Crippen LogP contribution in [0.5, 0.6) is 0 Å². The number of nitrogens with zero attached hydrogens (tertiary/aromatic N) is 3. The lowest BCUT2D eigenvalue weighted by molar-refractivity contribution is 0.891. The van der Waals surface area contributed by atoms with E-state index < -0.39 is 0 Å². The van der Waals surface area contributed by atoms with Gasteiger partial charge in [0.25, 0.3) is 0 Å². The largest absolute Gasteiger partial charge is 0.326 e. The molecule has 5 nitrogen and oxygen atoms in total. The van der Waals surface area contributed by atoms with Crippen LogP contribution in [-0.4, -0.2) is 19.5 Å². The highest BCUT2D eigenvalue weighted by Gasteiger charge is 2.08. The summed E-state index contributed by atoms with van der Waals surface area (Å²) >= 11 is 0. The van der Waals surface area contributed by atoms with Crippen LogP contribution < -0.4 is 5.69 Å². The summed E-state index contributed by atoms with van der Waals surface area (Å²) in [5.74, 6) is 0. The van der Waals surface area contributed by atoms with Gasteiger partial charge in [-0.15, -0.1) is 0 Å². The Morgan fingerprint density at radius 1 is 1.38 bits per heavy atom. The number of hydrogen-bond acceptors (Lipinski definition) is 3. The molecule has 0 fully saturated rings. The van der Waals surface area contributed by atoms with Crippen LogP contribution in [0.25, 0.3) is 22.1 Å². The van der Waals surface area contributed by atoms with E-state index in [0.29, 0.717) is 0 Å². The quantitative estimate of drug-likeness (QED) is 0.610. The van der Waals surface area contributed by atoms with Gasteiger partial charge < -0.3 is 4.98 Å². The van der Waals surface area contributed by atoms with Gasteiger partial charge in [-0.1, -0.05) is 0 Å². The van der Waals surface area contributed by atoms with E-state index in [1.54, 1.807) is 17.8 Å². The van der Waals surface area contributed by atoms with E-state index in [1.807, 2.05) is 19.1 Å². The molecule has 0 amide bonds. The Kier molecular flexibility index (Phi) is 1.65. The summed E-state index contributed by atoms with van der Waals surface area (Å²) in [5, 5.41) is 0. The summed E-state index contributed by atoms with van der Waals surface area (Å²) in [6, 6.07) is 3.75. The molecule has 0 radical (unpaired) electrons. The summed E-state index contributed by atoms with van der Waals surface area (Å²) < 4.78 is 1.57. The highest BCUT2D eigenvalue weighted by molar-refractivity contribution is 5.99. The van der Waals surface area contributed by atoms with Gasteiger partial charge in [-0.05, 0) is 19.1 Å². The molecule has 0 saturated heterocycles. The van der Waals surface area contributed by atoms with Crippen LogP contribution in [0.15, 0.2) is 23.1 Å². The first-order valence-electron chi connectivity index (χ1n) is 4.98. The Morgan fingerprint density at radius 3 is 3.00 bits per heavy atom. The zero-order valence-corrected chi connectivity index (χ0v) is 8.98. The zero-order chi connectivity index (χ0) is 11.3. The van der Waals surface area contributed by atoms with Crippen molar-refractivity contribution in [3.05, 3.63) is 34.5 Å². The molecule has 0 atom stereocenters. The molecule has 0 spiro atoms. The second-order valence-electron chi connectivity index (χ2n) is 3.83. The van der Waals surface area contributed by atoms with Crippen molar-refractivity contribution in [2.75, 3.05) is 0 Å². The molecule has 1 aromatic carbocycles. The topological polar surface area (TPSA) is 63.6 Å². The second kappa shape index (κ2) is 2.91. The third-order valence-corrected chi connectivity index (χ3v) is 2.71. The van der Waals surface area contributed by atoms with Crippen molar-refractivity contribution in [3.8, 4) is 0 Å². The van der Waals surface area contributed by atoms with Crippen LogP contribution in [0.4, 0.5) is 0 Å². The molecule has 2 heterocycles. The van der Waals surface area contributed by atoms with E-state index >= 15 is 0 Å². The monoisotopic (exact) mass is 214 g/mol. The number of nitrogens with one attached hydrogen (secondary N) is 1. The number of aryl methyl sites for hydroxylation is 2. The van der Waals surface area contributed by atoms with Crippen LogP contribution >= 0.6 is 0 Å². The molecule has 0 saturated carbocycles. The summed E-state index contributed by atoms with van der Waals surface area (Å²) in [6.45, 7) is 1.88. The molecule has 3 aromatic rings. The standard InChI is InChI=1S/C11H10N4O/c1-6-5-12-7-3-4-8-10(9(7)13-6)14-11(16)15(8)2/h3-5H,1-2H3,(H,14,16). The predicted octanol–water partition coefficient (Wildman–Crippen LogP) is 1.12. The maximum atomic E-state index is 11.5. The number of hydrogen-bond donors (Lipinski definition) is 1. The first-order chi connectivity index (χ1) is 7.66.